The van der Waals surface area contributed by atoms with Crippen LogP contribution in [0.2, 0.25) is 0 Å². The Morgan fingerprint density at radius 3 is 2.92 bits per heavy atom. The normalized spacial score (nSPS) is 30.2. The number of nitrogens with one attached hydrogen (secondary N) is 1. The third-order valence-electron chi connectivity index (χ3n) is 2.62. The summed E-state index contributed by atoms with van der Waals surface area (Å²) in [5, 5.41) is 4.15. The van der Waals surface area contributed by atoms with Gasteiger partial charge in [-0.2, -0.15) is 11.8 Å². The van der Waals surface area contributed by atoms with Crippen molar-refractivity contribution >= 4 is 11.8 Å². The summed E-state index contributed by atoms with van der Waals surface area (Å²) in [7, 11) is 0. The second-order valence-corrected chi connectivity index (χ2v) is 5.03. The molecule has 12 heavy (non-hydrogen) atoms. The van der Waals surface area contributed by atoms with Crippen LogP contribution in [0.1, 0.15) is 19.3 Å². The van der Waals surface area contributed by atoms with Gasteiger partial charge in [-0.25, -0.2) is 0 Å². The fourth-order valence-corrected chi connectivity index (χ4v) is 2.96. The highest BCUT2D eigenvalue weighted by molar-refractivity contribution is 8.00. The fourth-order valence-electron chi connectivity index (χ4n) is 1.65. The van der Waals surface area contributed by atoms with Crippen molar-refractivity contribution < 1.29 is 0 Å². The van der Waals surface area contributed by atoms with Crippen LogP contribution in [0.4, 0.5) is 0 Å². The summed E-state index contributed by atoms with van der Waals surface area (Å²) in [6, 6.07) is 0. The Morgan fingerprint density at radius 2 is 2.33 bits per heavy atom. The van der Waals surface area contributed by atoms with Crippen LogP contribution in [0.15, 0.2) is 12.2 Å². The quantitative estimate of drug-likeness (QED) is 0.672. The van der Waals surface area contributed by atoms with Gasteiger partial charge in [-0.3, -0.25) is 0 Å². The van der Waals surface area contributed by atoms with Crippen molar-refractivity contribution in [2.45, 2.75) is 24.5 Å². The maximum absolute atomic E-state index is 3.32. The van der Waals surface area contributed by atoms with E-state index in [0.29, 0.717) is 0 Å². The van der Waals surface area contributed by atoms with Crippen molar-refractivity contribution in [3.05, 3.63) is 12.2 Å². The molecule has 0 aromatic heterocycles. The second-order valence-electron chi connectivity index (χ2n) is 3.76. The summed E-state index contributed by atoms with van der Waals surface area (Å²) in [4.78, 5) is 0. The second kappa shape index (κ2) is 4.33. The molecule has 1 fully saturated rings. The topological polar surface area (TPSA) is 12.0 Å². The van der Waals surface area contributed by atoms with Crippen LogP contribution in [0.3, 0.4) is 0 Å². The monoisotopic (exact) mass is 183 g/mol. The molecular formula is C10H17NS. The van der Waals surface area contributed by atoms with Crippen LogP contribution < -0.4 is 5.32 Å². The number of allylic oxidation sites excluding steroid dienone is 1. The van der Waals surface area contributed by atoms with Gasteiger partial charge in [0.15, 0.2) is 0 Å². The smallest absolute Gasteiger partial charge is 0.0227 e. The average Bonchev–Trinajstić information content (AvgIpc) is 2.04. The van der Waals surface area contributed by atoms with E-state index in [1.807, 2.05) is 0 Å². The minimum Gasteiger partial charge on any atom is -0.316 e. The molecule has 0 bridgehead atoms. The van der Waals surface area contributed by atoms with Gasteiger partial charge >= 0.3 is 0 Å². The summed E-state index contributed by atoms with van der Waals surface area (Å²) in [5.74, 6) is 2.33. The Bertz CT molecular complexity index is 163. The van der Waals surface area contributed by atoms with Crippen LogP contribution in [0.25, 0.3) is 0 Å². The first kappa shape index (κ1) is 8.64. The van der Waals surface area contributed by atoms with E-state index in [9.17, 15) is 0 Å². The molecule has 1 atom stereocenters. The molecular weight excluding hydrogens is 166 g/mol. The van der Waals surface area contributed by atoms with Gasteiger partial charge in [0.1, 0.15) is 0 Å². The largest absolute Gasteiger partial charge is 0.316 e. The molecule has 1 heterocycles. The molecule has 1 unspecified atom stereocenters. The summed E-state index contributed by atoms with van der Waals surface area (Å²) < 4.78 is 0. The molecule has 1 N–H and O–H groups in total. The van der Waals surface area contributed by atoms with Gasteiger partial charge in [-0.1, -0.05) is 12.2 Å². The first-order valence-corrected chi connectivity index (χ1v) is 5.99. The highest BCUT2D eigenvalue weighted by Crippen LogP contribution is 2.25. The van der Waals surface area contributed by atoms with Gasteiger partial charge in [0.2, 0.25) is 0 Å². The van der Waals surface area contributed by atoms with E-state index in [1.165, 1.54) is 38.1 Å². The third kappa shape index (κ3) is 2.27. The van der Waals surface area contributed by atoms with Crippen molar-refractivity contribution in [2.75, 3.05) is 18.8 Å². The van der Waals surface area contributed by atoms with E-state index in [-0.39, 0.29) is 0 Å². The maximum Gasteiger partial charge on any atom is 0.0227 e. The zero-order valence-electron chi connectivity index (χ0n) is 7.46. The Kier molecular flexibility index (Phi) is 3.12. The molecule has 2 aliphatic rings. The van der Waals surface area contributed by atoms with E-state index in [0.717, 1.165) is 11.2 Å². The van der Waals surface area contributed by atoms with Crippen LogP contribution in [0.5, 0.6) is 0 Å². The number of hydrogen-bond donors (Lipinski definition) is 1. The summed E-state index contributed by atoms with van der Waals surface area (Å²) in [6.07, 6.45) is 8.86. The van der Waals surface area contributed by atoms with Gasteiger partial charge < -0.3 is 5.32 Å². The van der Waals surface area contributed by atoms with Crippen LogP contribution in [0, 0.1) is 5.92 Å². The third-order valence-corrected chi connectivity index (χ3v) is 4.11. The van der Waals surface area contributed by atoms with Gasteiger partial charge in [-0.15, -0.1) is 0 Å². The number of thioether (sulfide) groups is 1. The Labute approximate surface area is 79.0 Å². The van der Waals surface area contributed by atoms with Crippen LogP contribution in [-0.2, 0) is 0 Å². The lowest BCUT2D eigenvalue weighted by atomic mass is 10.1. The highest BCUT2D eigenvalue weighted by Gasteiger charge is 2.18. The molecule has 1 aliphatic heterocycles. The van der Waals surface area contributed by atoms with E-state index in [1.54, 1.807) is 0 Å². The van der Waals surface area contributed by atoms with E-state index >= 15 is 0 Å². The molecule has 0 radical (unpaired) electrons. The molecule has 0 amide bonds. The molecule has 2 rings (SSSR count). The Hall–Kier alpha value is 0.0500. The lowest BCUT2D eigenvalue weighted by molar-refractivity contribution is 0.385. The lowest BCUT2D eigenvalue weighted by Crippen LogP contribution is -2.43. The van der Waals surface area contributed by atoms with Crippen molar-refractivity contribution in [2.24, 2.45) is 5.92 Å². The minimum absolute atomic E-state index is 0.833. The number of hydrogen-bond acceptors (Lipinski definition) is 2. The van der Waals surface area contributed by atoms with E-state index in [2.05, 4.69) is 29.2 Å². The molecule has 2 heteroatoms. The summed E-state index contributed by atoms with van der Waals surface area (Å²) in [5.41, 5.74) is 0. The van der Waals surface area contributed by atoms with Gasteiger partial charge in [0.25, 0.3) is 0 Å². The highest BCUT2D eigenvalue weighted by atomic mass is 32.2. The molecule has 1 saturated heterocycles. The SMILES string of the molecule is C1=CC(SCC2CNC2)CCC1. The van der Waals surface area contributed by atoms with Crippen molar-refractivity contribution in [1.82, 2.24) is 5.32 Å². The van der Waals surface area contributed by atoms with Gasteiger partial charge in [0, 0.05) is 5.25 Å². The fraction of sp³-hybridized carbons (Fsp3) is 0.800. The Balaban J connectivity index is 1.64. The molecule has 68 valence electrons. The first-order chi connectivity index (χ1) is 5.95. The van der Waals surface area contributed by atoms with E-state index < -0.39 is 0 Å². The van der Waals surface area contributed by atoms with Gasteiger partial charge in [0.05, 0.1) is 0 Å². The average molecular weight is 183 g/mol. The maximum atomic E-state index is 3.32. The number of rotatable bonds is 3. The standard InChI is InChI=1S/C10H17NS/c1-2-4-10(5-3-1)12-8-9-6-11-7-9/h2,4,9-11H,1,3,5-8H2. The minimum atomic E-state index is 0.833. The summed E-state index contributed by atoms with van der Waals surface area (Å²) in [6.45, 7) is 2.51. The zero-order chi connectivity index (χ0) is 8.23. The first-order valence-electron chi connectivity index (χ1n) is 4.94. The molecule has 0 saturated carbocycles. The van der Waals surface area contributed by atoms with Crippen LogP contribution in [-0.4, -0.2) is 24.1 Å². The molecule has 0 aromatic carbocycles. The molecule has 0 aromatic rings. The molecule has 1 aliphatic carbocycles. The molecule has 1 nitrogen and oxygen atoms in total. The van der Waals surface area contributed by atoms with Crippen LogP contribution >= 0.6 is 11.8 Å². The van der Waals surface area contributed by atoms with Crippen molar-refractivity contribution in [3.8, 4) is 0 Å². The lowest BCUT2D eigenvalue weighted by Gasteiger charge is -2.28. The predicted molar refractivity (Wildman–Crippen MR) is 55.6 cm³/mol. The summed E-state index contributed by atoms with van der Waals surface area (Å²) >= 11 is 2.15. The van der Waals surface area contributed by atoms with E-state index in [4.69, 9.17) is 0 Å². The Morgan fingerprint density at radius 1 is 1.42 bits per heavy atom. The molecule has 0 spiro atoms. The zero-order valence-corrected chi connectivity index (χ0v) is 8.28. The van der Waals surface area contributed by atoms with Crippen molar-refractivity contribution in [3.63, 3.8) is 0 Å². The van der Waals surface area contributed by atoms with Gasteiger partial charge in [-0.05, 0) is 44.0 Å². The predicted octanol–water partition coefficient (Wildman–Crippen LogP) is 2.05. The van der Waals surface area contributed by atoms with Crippen molar-refractivity contribution in [1.29, 1.82) is 0 Å².